The number of nitrogens with zero attached hydrogens (tertiary/aromatic N) is 4. The van der Waals surface area contributed by atoms with E-state index in [1.54, 1.807) is 0 Å². The molecule has 0 saturated carbocycles. The van der Waals surface area contributed by atoms with Crippen LogP contribution < -0.4 is 4.74 Å². The Hall–Kier alpha value is -3.61. The van der Waals surface area contributed by atoms with Crippen LogP contribution in [-0.4, -0.2) is 69.3 Å². The minimum Gasteiger partial charge on any atom is -0.463 e. The van der Waals surface area contributed by atoms with E-state index in [1.165, 1.54) is 38.6 Å². The van der Waals surface area contributed by atoms with Crippen molar-refractivity contribution in [1.82, 2.24) is 19.5 Å². The molecule has 0 bridgehead atoms. The zero-order valence-corrected chi connectivity index (χ0v) is 17.4. The summed E-state index contributed by atoms with van der Waals surface area (Å²) in [7, 11) is 0. The topological polar surface area (TPSA) is 158 Å². The number of imidazole rings is 1. The Morgan fingerprint density at radius 1 is 0.839 bits per heavy atom. The van der Waals surface area contributed by atoms with Crippen molar-refractivity contribution in [3.05, 3.63) is 12.7 Å². The van der Waals surface area contributed by atoms with Gasteiger partial charge >= 0.3 is 23.9 Å². The van der Waals surface area contributed by atoms with Crippen molar-refractivity contribution >= 4 is 35.0 Å². The molecule has 168 valence electrons. The number of hydrogen-bond donors (Lipinski definition) is 0. The summed E-state index contributed by atoms with van der Waals surface area (Å²) in [6.07, 6.45) is 0.609. The Bertz CT molecular complexity index is 941. The SMILES string of the molecule is CC(=O)OCC(COC(C)=O)OC(COC(C)=O)n1cnc2c(OC(C)=O)ncnc21. The van der Waals surface area contributed by atoms with Crippen molar-refractivity contribution in [2.24, 2.45) is 0 Å². The summed E-state index contributed by atoms with van der Waals surface area (Å²) in [5.74, 6) is -2.33. The Kier molecular flexibility index (Phi) is 8.37. The Morgan fingerprint density at radius 3 is 1.97 bits per heavy atom. The second-order valence-corrected chi connectivity index (χ2v) is 6.22. The van der Waals surface area contributed by atoms with Crippen molar-refractivity contribution in [2.75, 3.05) is 19.8 Å². The van der Waals surface area contributed by atoms with Gasteiger partial charge in [-0.1, -0.05) is 0 Å². The van der Waals surface area contributed by atoms with Gasteiger partial charge in [0, 0.05) is 27.7 Å². The molecule has 0 aliphatic rings. The molecule has 2 aromatic heterocycles. The van der Waals surface area contributed by atoms with Crippen LogP contribution in [0.5, 0.6) is 5.88 Å². The molecule has 2 rings (SSSR count). The van der Waals surface area contributed by atoms with Gasteiger partial charge in [-0.3, -0.25) is 23.7 Å². The number of aromatic nitrogens is 4. The Balaban J connectivity index is 2.35. The first-order chi connectivity index (χ1) is 14.7. The lowest BCUT2D eigenvalue weighted by molar-refractivity contribution is -0.168. The quantitative estimate of drug-likeness (QED) is 0.370. The van der Waals surface area contributed by atoms with Crippen LogP contribution in [0.3, 0.4) is 0 Å². The minimum absolute atomic E-state index is 0.0566. The first kappa shape index (κ1) is 23.7. The monoisotopic (exact) mass is 438 g/mol. The summed E-state index contributed by atoms with van der Waals surface area (Å²) in [5, 5.41) is 0. The van der Waals surface area contributed by atoms with Gasteiger partial charge in [-0.25, -0.2) is 9.97 Å². The van der Waals surface area contributed by atoms with Gasteiger partial charge in [0.1, 0.15) is 32.3 Å². The van der Waals surface area contributed by atoms with E-state index in [0.717, 1.165) is 6.33 Å². The lowest BCUT2D eigenvalue weighted by Gasteiger charge is -2.25. The molecule has 31 heavy (non-hydrogen) atoms. The fourth-order valence-corrected chi connectivity index (χ4v) is 2.40. The molecule has 0 saturated heterocycles. The predicted octanol–water partition coefficient (Wildman–Crippen LogP) is 0.325. The van der Waals surface area contributed by atoms with E-state index in [4.69, 9.17) is 23.7 Å². The summed E-state index contributed by atoms with van der Waals surface area (Å²) in [6.45, 7) is 4.17. The molecular weight excluding hydrogens is 416 g/mol. The molecule has 0 spiro atoms. The van der Waals surface area contributed by atoms with Crippen LogP contribution >= 0.6 is 0 Å². The molecule has 1 unspecified atom stereocenters. The van der Waals surface area contributed by atoms with Crippen molar-refractivity contribution in [3.63, 3.8) is 0 Å². The van der Waals surface area contributed by atoms with Crippen molar-refractivity contribution in [2.45, 2.75) is 40.0 Å². The van der Waals surface area contributed by atoms with Crippen LogP contribution in [0.1, 0.15) is 33.9 Å². The molecule has 13 heteroatoms. The van der Waals surface area contributed by atoms with Crippen LogP contribution in [0.15, 0.2) is 12.7 Å². The molecule has 2 heterocycles. The Morgan fingerprint density at radius 2 is 1.42 bits per heavy atom. The number of esters is 4. The largest absolute Gasteiger partial charge is 0.463 e. The fourth-order valence-electron chi connectivity index (χ4n) is 2.40. The van der Waals surface area contributed by atoms with Crippen LogP contribution in [0.25, 0.3) is 11.2 Å². The maximum atomic E-state index is 11.3. The van der Waals surface area contributed by atoms with Crippen LogP contribution in [0.2, 0.25) is 0 Å². The minimum atomic E-state index is -0.995. The summed E-state index contributed by atoms with van der Waals surface area (Å²) in [6, 6.07) is 0. The molecular formula is C18H22N4O9. The van der Waals surface area contributed by atoms with Gasteiger partial charge in [0.05, 0.1) is 6.33 Å². The molecule has 0 fully saturated rings. The maximum absolute atomic E-state index is 11.3. The van der Waals surface area contributed by atoms with E-state index in [1.807, 2.05) is 0 Å². The van der Waals surface area contributed by atoms with E-state index < -0.39 is 36.2 Å². The summed E-state index contributed by atoms with van der Waals surface area (Å²) < 4.78 is 27.3. The van der Waals surface area contributed by atoms with Crippen LogP contribution in [0, 0.1) is 0 Å². The zero-order chi connectivity index (χ0) is 23.0. The molecule has 13 nitrogen and oxygen atoms in total. The van der Waals surface area contributed by atoms with Crippen LogP contribution in [-0.2, 0) is 38.1 Å². The molecule has 0 radical (unpaired) electrons. The molecule has 0 aromatic carbocycles. The number of hydrogen-bond acceptors (Lipinski definition) is 12. The van der Waals surface area contributed by atoms with Gasteiger partial charge in [-0.2, -0.15) is 4.98 Å². The number of rotatable bonds is 10. The van der Waals surface area contributed by atoms with E-state index in [0.29, 0.717) is 0 Å². The van der Waals surface area contributed by atoms with E-state index >= 15 is 0 Å². The van der Waals surface area contributed by atoms with Gasteiger partial charge in [-0.15, -0.1) is 0 Å². The van der Waals surface area contributed by atoms with Gasteiger partial charge in [0.15, 0.2) is 17.4 Å². The van der Waals surface area contributed by atoms with E-state index in [2.05, 4.69) is 15.0 Å². The Labute approximate surface area is 176 Å². The average Bonchev–Trinajstić information content (AvgIpc) is 3.11. The van der Waals surface area contributed by atoms with Gasteiger partial charge in [-0.05, 0) is 0 Å². The number of fused-ring (bicyclic) bond motifs is 1. The highest BCUT2D eigenvalue weighted by Gasteiger charge is 2.25. The maximum Gasteiger partial charge on any atom is 0.309 e. The average molecular weight is 438 g/mol. The third kappa shape index (κ3) is 7.29. The second-order valence-electron chi connectivity index (χ2n) is 6.22. The highest BCUT2D eigenvalue weighted by molar-refractivity contribution is 5.80. The summed E-state index contributed by atoms with van der Waals surface area (Å²) in [4.78, 5) is 57.2. The number of carbonyl (C=O) groups excluding carboxylic acids is 4. The smallest absolute Gasteiger partial charge is 0.309 e. The first-order valence-electron chi connectivity index (χ1n) is 9.08. The molecule has 0 aliphatic carbocycles. The third-order valence-electron chi connectivity index (χ3n) is 3.60. The van der Waals surface area contributed by atoms with Crippen LogP contribution in [0.4, 0.5) is 0 Å². The van der Waals surface area contributed by atoms with Gasteiger partial charge in [0.2, 0.25) is 0 Å². The molecule has 1 atom stereocenters. The summed E-state index contributed by atoms with van der Waals surface area (Å²) >= 11 is 0. The molecule has 2 aromatic rings. The molecule has 0 aliphatic heterocycles. The van der Waals surface area contributed by atoms with Crippen molar-refractivity contribution in [3.8, 4) is 5.88 Å². The number of carbonyl (C=O) groups is 4. The predicted molar refractivity (Wildman–Crippen MR) is 100 cm³/mol. The lowest BCUT2D eigenvalue weighted by Crippen LogP contribution is -2.33. The number of ether oxygens (including phenoxy) is 5. The molecule has 0 N–H and O–H groups in total. The fraction of sp³-hybridized carbons (Fsp3) is 0.500. The highest BCUT2D eigenvalue weighted by atomic mass is 16.6. The van der Waals surface area contributed by atoms with Crippen molar-refractivity contribution in [1.29, 1.82) is 0 Å². The highest BCUT2D eigenvalue weighted by Crippen LogP contribution is 2.24. The second kappa shape index (κ2) is 11.0. The van der Waals surface area contributed by atoms with E-state index in [9.17, 15) is 19.2 Å². The molecule has 0 amide bonds. The normalized spacial score (nSPS) is 11.8. The van der Waals surface area contributed by atoms with Crippen molar-refractivity contribution < 1.29 is 42.9 Å². The summed E-state index contributed by atoms with van der Waals surface area (Å²) in [5.41, 5.74) is 0.396. The first-order valence-corrected chi connectivity index (χ1v) is 9.08. The van der Waals surface area contributed by atoms with Gasteiger partial charge < -0.3 is 23.7 Å². The standard InChI is InChI=1S/C18H22N4O9/c1-10(23)27-5-14(6-28-11(2)24)31-15(7-29-12(3)25)22-9-21-16-17(22)19-8-20-18(16)30-13(4)26/h8-9,14-15H,5-7H2,1-4H3. The third-order valence-corrected chi connectivity index (χ3v) is 3.60. The lowest BCUT2D eigenvalue weighted by atomic mass is 10.4. The zero-order valence-electron chi connectivity index (χ0n) is 17.4. The van der Waals surface area contributed by atoms with Gasteiger partial charge in [0.25, 0.3) is 5.88 Å². The van der Waals surface area contributed by atoms with E-state index in [-0.39, 0.29) is 36.9 Å².